The molecule has 0 spiro atoms. The first-order valence-electron chi connectivity index (χ1n) is 6.44. The van der Waals surface area contributed by atoms with E-state index in [2.05, 4.69) is 38.3 Å². The van der Waals surface area contributed by atoms with Crippen molar-refractivity contribution in [3.8, 4) is 0 Å². The number of aromatic amines is 1. The van der Waals surface area contributed by atoms with E-state index in [-0.39, 0.29) is 0 Å². The molecule has 2 aromatic heterocycles. The lowest BCUT2D eigenvalue weighted by atomic mass is 10.1. The lowest BCUT2D eigenvalue weighted by Gasteiger charge is -2.15. The van der Waals surface area contributed by atoms with Crippen LogP contribution in [0.25, 0.3) is 0 Å². The van der Waals surface area contributed by atoms with Gasteiger partial charge in [0.1, 0.15) is 0 Å². The number of nitrogens with one attached hydrogen (secondary N) is 1. The average molecular weight is 242 g/mol. The number of aryl methyl sites for hydroxylation is 1. The summed E-state index contributed by atoms with van der Waals surface area (Å²) in [6, 6.07) is 6.34. The summed E-state index contributed by atoms with van der Waals surface area (Å²) in [6.45, 7) is 5.28. The van der Waals surface area contributed by atoms with Crippen LogP contribution in [0.2, 0.25) is 0 Å². The maximum atomic E-state index is 4.35. The van der Waals surface area contributed by atoms with Crippen LogP contribution in [0.1, 0.15) is 29.3 Å². The first-order valence-corrected chi connectivity index (χ1v) is 6.44. The summed E-state index contributed by atoms with van der Waals surface area (Å²) in [6.07, 6.45) is 5.03. The summed E-state index contributed by atoms with van der Waals surface area (Å²) in [5.41, 5.74) is 3.64. The zero-order valence-corrected chi connectivity index (χ0v) is 10.6. The smallest absolute Gasteiger partial charge is 0.0490 e. The summed E-state index contributed by atoms with van der Waals surface area (Å²) in [5.74, 6) is 0.603. The molecule has 3 rings (SSSR count). The first-order chi connectivity index (χ1) is 8.81. The molecule has 1 saturated heterocycles. The largest absolute Gasteiger partial charge is 0.298 e. The van der Waals surface area contributed by atoms with Gasteiger partial charge in [-0.1, -0.05) is 6.07 Å². The number of hydrogen-bond acceptors (Lipinski definition) is 3. The van der Waals surface area contributed by atoms with Crippen LogP contribution in [0.4, 0.5) is 0 Å². The minimum absolute atomic E-state index is 0.603. The molecule has 1 unspecified atom stereocenters. The van der Waals surface area contributed by atoms with Crippen molar-refractivity contribution in [3.05, 3.63) is 47.5 Å². The van der Waals surface area contributed by atoms with Gasteiger partial charge in [-0.3, -0.25) is 15.0 Å². The van der Waals surface area contributed by atoms with Gasteiger partial charge >= 0.3 is 0 Å². The summed E-state index contributed by atoms with van der Waals surface area (Å²) in [4.78, 5) is 6.83. The van der Waals surface area contributed by atoms with Gasteiger partial charge in [-0.15, -0.1) is 0 Å². The normalized spacial score (nSPS) is 20.4. The van der Waals surface area contributed by atoms with E-state index >= 15 is 0 Å². The fraction of sp³-hybridized carbons (Fsp3) is 0.429. The topological polar surface area (TPSA) is 44.8 Å². The molecule has 0 bridgehead atoms. The van der Waals surface area contributed by atoms with Crippen molar-refractivity contribution in [1.82, 2.24) is 20.1 Å². The van der Waals surface area contributed by atoms with Crippen molar-refractivity contribution in [2.75, 3.05) is 13.1 Å². The molecule has 1 fully saturated rings. The Labute approximate surface area is 107 Å². The minimum atomic E-state index is 0.603. The molecular weight excluding hydrogens is 224 g/mol. The zero-order valence-electron chi connectivity index (χ0n) is 10.6. The molecule has 18 heavy (non-hydrogen) atoms. The number of likely N-dealkylation sites (tertiary alicyclic amines) is 1. The van der Waals surface area contributed by atoms with Gasteiger partial charge < -0.3 is 0 Å². The number of aromatic nitrogens is 3. The van der Waals surface area contributed by atoms with Crippen molar-refractivity contribution in [3.63, 3.8) is 0 Å². The molecule has 94 valence electrons. The van der Waals surface area contributed by atoms with E-state index in [1.807, 2.05) is 19.3 Å². The fourth-order valence-corrected chi connectivity index (χ4v) is 2.57. The maximum absolute atomic E-state index is 4.35. The van der Waals surface area contributed by atoms with E-state index in [1.54, 1.807) is 0 Å². The summed E-state index contributed by atoms with van der Waals surface area (Å²) in [5, 5.41) is 7.11. The molecule has 3 heterocycles. The van der Waals surface area contributed by atoms with Crippen molar-refractivity contribution in [2.45, 2.75) is 25.8 Å². The molecule has 4 nitrogen and oxygen atoms in total. The molecule has 0 aromatic carbocycles. The van der Waals surface area contributed by atoms with Crippen molar-refractivity contribution >= 4 is 0 Å². The van der Waals surface area contributed by atoms with Crippen LogP contribution in [-0.2, 0) is 6.54 Å². The number of pyridine rings is 1. The quantitative estimate of drug-likeness (QED) is 0.896. The van der Waals surface area contributed by atoms with Crippen LogP contribution in [-0.4, -0.2) is 33.2 Å². The predicted octanol–water partition coefficient (Wildman–Crippen LogP) is 2.10. The molecular formula is C14H18N4. The summed E-state index contributed by atoms with van der Waals surface area (Å²) < 4.78 is 0. The van der Waals surface area contributed by atoms with E-state index in [4.69, 9.17) is 0 Å². The molecule has 0 radical (unpaired) electrons. The van der Waals surface area contributed by atoms with Gasteiger partial charge in [-0.2, -0.15) is 5.10 Å². The number of H-pyrrole nitrogens is 1. The second kappa shape index (κ2) is 4.90. The number of nitrogens with zero attached hydrogens (tertiary/aromatic N) is 3. The molecule has 4 heteroatoms. The highest BCUT2D eigenvalue weighted by atomic mass is 15.2. The Balaban J connectivity index is 1.61. The van der Waals surface area contributed by atoms with Gasteiger partial charge in [0.05, 0.1) is 0 Å². The van der Waals surface area contributed by atoms with Crippen LogP contribution < -0.4 is 0 Å². The molecule has 0 aliphatic carbocycles. The highest BCUT2D eigenvalue weighted by molar-refractivity contribution is 5.14. The third-order valence-electron chi connectivity index (χ3n) is 3.61. The number of rotatable bonds is 3. The van der Waals surface area contributed by atoms with Crippen molar-refractivity contribution < 1.29 is 0 Å². The predicted molar refractivity (Wildman–Crippen MR) is 70.2 cm³/mol. The average Bonchev–Trinajstić information content (AvgIpc) is 3.02. The van der Waals surface area contributed by atoms with Gasteiger partial charge in [0.15, 0.2) is 0 Å². The Morgan fingerprint density at radius 2 is 2.33 bits per heavy atom. The Hall–Kier alpha value is -1.68. The van der Waals surface area contributed by atoms with E-state index in [1.165, 1.54) is 17.7 Å². The SMILES string of the molecule is Cc1ccc(CN2CCC(c3ccn[nH]3)C2)cn1. The van der Waals surface area contributed by atoms with Crippen molar-refractivity contribution in [2.24, 2.45) is 0 Å². The van der Waals surface area contributed by atoms with E-state index in [9.17, 15) is 0 Å². The van der Waals surface area contributed by atoms with Crippen LogP contribution >= 0.6 is 0 Å². The molecule has 1 N–H and O–H groups in total. The van der Waals surface area contributed by atoms with Gasteiger partial charge in [0, 0.05) is 42.8 Å². The molecule has 0 amide bonds. The van der Waals surface area contributed by atoms with Gasteiger partial charge in [0.2, 0.25) is 0 Å². The Morgan fingerprint density at radius 3 is 3.06 bits per heavy atom. The second-order valence-electron chi connectivity index (χ2n) is 5.04. The molecule has 0 saturated carbocycles. The third kappa shape index (κ3) is 2.43. The fourth-order valence-electron chi connectivity index (χ4n) is 2.57. The van der Waals surface area contributed by atoms with E-state index in [0.717, 1.165) is 25.3 Å². The van der Waals surface area contributed by atoms with Crippen LogP contribution in [0.3, 0.4) is 0 Å². The third-order valence-corrected chi connectivity index (χ3v) is 3.61. The zero-order chi connectivity index (χ0) is 12.4. The maximum Gasteiger partial charge on any atom is 0.0490 e. The molecule has 1 aliphatic rings. The molecule has 2 aromatic rings. The van der Waals surface area contributed by atoms with E-state index < -0.39 is 0 Å². The lowest BCUT2D eigenvalue weighted by Crippen LogP contribution is -2.19. The standard InChI is InChI=1S/C14H18N4/c1-11-2-3-12(8-15-11)9-18-7-5-13(10-18)14-4-6-16-17-14/h2-4,6,8,13H,5,7,9-10H2,1H3,(H,16,17). The van der Waals surface area contributed by atoms with Crippen LogP contribution in [0.5, 0.6) is 0 Å². The molecule has 1 aliphatic heterocycles. The minimum Gasteiger partial charge on any atom is -0.298 e. The van der Waals surface area contributed by atoms with Crippen LogP contribution in [0.15, 0.2) is 30.6 Å². The number of hydrogen-bond donors (Lipinski definition) is 1. The van der Waals surface area contributed by atoms with Crippen LogP contribution in [0, 0.1) is 6.92 Å². The monoisotopic (exact) mass is 242 g/mol. The highest BCUT2D eigenvalue weighted by Crippen LogP contribution is 2.26. The first kappa shape index (κ1) is 11.4. The molecule has 1 atom stereocenters. The Morgan fingerprint density at radius 1 is 1.39 bits per heavy atom. The van der Waals surface area contributed by atoms with Gasteiger partial charge in [0.25, 0.3) is 0 Å². The van der Waals surface area contributed by atoms with Gasteiger partial charge in [-0.05, 0) is 37.6 Å². The van der Waals surface area contributed by atoms with Crippen molar-refractivity contribution in [1.29, 1.82) is 0 Å². The second-order valence-corrected chi connectivity index (χ2v) is 5.04. The Kier molecular flexibility index (Phi) is 3.11. The Bertz CT molecular complexity index is 489. The van der Waals surface area contributed by atoms with E-state index in [0.29, 0.717) is 5.92 Å². The summed E-state index contributed by atoms with van der Waals surface area (Å²) >= 11 is 0. The van der Waals surface area contributed by atoms with Gasteiger partial charge in [-0.25, -0.2) is 0 Å². The highest BCUT2D eigenvalue weighted by Gasteiger charge is 2.24. The lowest BCUT2D eigenvalue weighted by molar-refractivity contribution is 0.326. The summed E-state index contributed by atoms with van der Waals surface area (Å²) in [7, 11) is 0.